The van der Waals surface area contributed by atoms with Gasteiger partial charge in [0, 0.05) is 50.9 Å². The first-order chi connectivity index (χ1) is 25.3. The van der Waals surface area contributed by atoms with Crippen molar-refractivity contribution >= 4 is 22.6 Å². The van der Waals surface area contributed by atoms with E-state index in [4.69, 9.17) is 9.47 Å². The second-order valence-electron chi connectivity index (χ2n) is 13.6. The summed E-state index contributed by atoms with van der Waals surface area (Å²) in [4.78, 5) is 0. The van der Waals surface area contributed by atoms with Gasteiger partial charge in [0.05, 0.1) is 17.8 Å². The van der Waals surface area contributed by atoms with E-state index in [0.717, 1.165) is 76.7 Å². The molecule has 0 bridgehead atoms. The van der Waals surface area contributed by atoms with Gasteiger partial charge in [0.25, 0.3) is 0 Å². The van der Waals surface area contributed by atoms with Crippen molar-refractivity contribution in [1.29, 1.82) is 0 Å². The minimum Gasteiger partial charge on any atom is -0.456 e. The molecule has 51 heavy (non-hydrogen) atoms. The molecule has 0 saturated heterocycles. The van der Waals surface area contributed by atoms with E-state index in [0.29, 0.717) is 5.92 Å². The predicted octanol–water partition coefficient (Wildman–Crippen LogP) is 12.3. The lowest BCUT2D eigenvalue weighted by atomic mass is 9.83. The molecule has 1 aliphatic carbocycles. The van der Waals surface area contributed by atoms with Crippen LogP contribution in [0.4, 0.5) is 0 Å². The summed E-state index contributed by atoms with van der Waals surface area (Å²) in [7, 11) is 0. The second kappa shape index (κ2) is 12.3. The third-order valence-corrected chi connectivity index (χ3v) is 10.6. The van der Waals surface area contributed by atoms with Crippen LogP contribution in [0.3, 0.4) is 0 Å². The van der Waals surface area contributed by atoms with Gasteiger partial charge in [-0.25, -0.2) is 0 Å². The zero-order chi connectivity index (χ0) is 33.7. The zero-order valence-corrected chi connectivity index (χ0v) is 28.2. The highest BCUT2D eigenvalue weighted by Gasteiger charge is 2.25. The maximum absolute atomic E-state index is 7.03. The molecule has 2 aliphatic heterocycles. The monoisotopic (exact) mass is 660 g/mol. The molecule has 10 rings (SSSR count). The fourth-order valence-corrected chi connectivity index (χ4v) is 8.18. The average molecular weight is 661 g/mol. The smallest absolute Gasteiger partial charge is 0.137 e. The van der Waals surface area contributed by atoms with Gasteiger partial charge in [0.15, 0.2) is 0 Å². The topological polar surface area (TPSA) is 35.4 Å². The Morgan fingerprint density at radius 2 is 1.27 bits per heavy atom. The number of rotatable bonds is 3. The van der Waals surface area contributed by atoms with E-state index < -0.39 is 0 Å². The molecule has 3 aliphatic rings. The number of allylic oxidation sites excluding steroid dienone is 2. The first-order valence-electron chi connectivity index (χ1n) is 17.9. The van der Waals surface area contributed by atoms with Crippen LogP contribution in [0.2, 0.25) is 0 Å². The molecule has 3 heterocycles. The Hall–Kier alpha value is -6.26. The van der Waals surface area contributed by atoms with Crippen LogP contribution in [0, 0.1) is 0 Å². The number of benzene rings is 6. The van der Waals surface area contributed by atoms with Crippen molar-refractivity contribution in [2.75, 3.05) is 0 Å². The van der Waals surface area contributed by atoms with E-state index in [9.17, 15) is 0 Å². The summed E-state index contributed by atoms with van der Waals surface area (Å²) in [5, 5.41) is 4.68. The first kappa shape index (κ1) is 29.6. The summed E-state index contributed by atoms with van der Waals surface area (Å²) in [6.07, 6.45) is 10.1. The van der Waals surface area contributed by atoms with Gasteiger partial charge in [-0.05, 0) is 84.6 Å². The number of fused-ring (bicyclic) bond motifs is 9. The molecule has 0 amide bonds. The molecule has 1 N–H and O–H groups in total. The zero-order valence-electron chi connectivity index (χ0n) is 28.2. The van der Waals surface area contributed by atoms with E-state index in [1.165, 1.54) is 38.9 Å². The molecular weight excluding hydrogens is 625 g/mol. The van der Waals surface area contributed by atoms with E-state index in [-0.39, 0.29) is 0 Å². The van der Waals surface area contributed by atoms with Crippen LogP contribution >= 0.6 is 0 Å². The summed E-state index contributed by atoms with van der Waals surface area (Å²) in [6, 6.07) is 49.4. The van der Waals surface area contributed by atoms with Gasteiger partial charge < -0.3 is 19.4 Å². The number of hydrogen-bond donors (Lipinski definition) is 1. The van der Waals surface area contributed by atoms with E-state index in [1.54, 1.807) is 0 Å². The number of ether oxygens (including phenoxy) is 2. The minimum atomic E-state index is 0.309. The Kier molecular flexibility index (Phi) is 7.12. The van der Waals surface area contributed by atoms with Crippen molar-refractivity contribution in [1.82, 2.24) is 9.88 Å². The second-order valence-corrected chi connectivity index (χ2v) is 13.6. The van der Waals surface area contributed by atoms with Crippen molar-refractivity contribution < 1.29 is 9.47 Å². The number of aromatic nitrogens is 1. The van der Waals surface area contributed by atoms with Crippen molar-refractivity contribution in [3.05, 3.63) is 174 Å². The van der Waals surface area contributed by atoms with Gasteiger partial charge in [-0.2, -0.15) is 0 Å². The Morgan fingerprint density at radius 1 is 0.608 bits per heavy atom. The van der Waals surface area contributed by atoms with Crippen LogP contribution in [0.25, 0.3) is 50.5 Å². The maximum atomic E-state index is 7.03. The van der Waals surface area contributed by atoms with Crippen molar-refractivity contribution in [3.8, 4) is 50.9 Å². The molecule has 0 saturated carbocycles. The number of nitrogens with one attached hydrogen (secondary N) is 1. The van der Waals surface area contributed by atoms with Crippen LogP contribution < -0.4 is 14.8 Å². The molecule has 0 fully saturated rings. The molecule has 0 radical (unpaired) electrons. The molecule has 0 spiro atoms. The van der Waals surface area contributed by atoms with Crippen molar-refractivity contribution in [2.24, 2.45) is 0 Å². The highest BCUT2D eigenvalue weighted by Crippen LogP contribution is 2.49. The van der Waals surface area contributed by atoms with Gasteiger partial charge in [-0.3, -0.25) is 0 Å². The van der Waals surface area contributed by atoms with Crippen LogP contribution in [-0.4, -0.2) is 4.57 Å². The normalized spacial score (nSPS) is 15.8. The molecule has 1 atom stereocenters. The molecule has 6 aromatic carbocycles. The fraction of sp³-hybridized carbons (Fsp3) is 0.106. The summed E-state index contributed by atoms with van der Waals surface area (Å²) in [5.41, 5.74) is 12.7. The molecule has 246 valence electrons. The van der Waals surface area contributed by atoms with Crippen molar-refractivity contribution in [3.63, 3.8) is 0 Å². The standard InChI is InChI=1S/C47H36N2O2/c1-2-11-31(12-3-1)32-13-10-14-33(27-32)34-21-23-40-41-24-22-35(49-42-18-7-4-15-36(42)37-25-26-48-30-43(37)49)29-47(41)51-45-20-9-6-17-39(45)38-16-5-8-19-44(38)50-46(40)28-34/h1-9,11-12,15-29,33,48H,10,13-14,30H2. The lowest BCUT2D eigenvalue weighted by Crippen LogP contribution is -2.13. The fourth-order valence-electron chi connectivity index (χ4n) is 8.18. The highest BCUT2D eigenvalue weighted by atomic mass is 16.5. The largest absolute Gasteiger partial charge is 0.456 e. The van der Waals surface area contributed by atoms with Crippen LogP contribution in [0.15, 0.2) is 152 Å². The lowest BCUT2D eigenvalue weighted by molar-refractivity contribution is 0.471. The molecule has 4 heteroatoms. The van der Waals surface area contributed by atoms with Crippen LogP contribution in [0.1, 0.15) is 47.6 Å². The molecule has 1 unspecified atom stereocenters. The molecular formula is C47H36N2O2. The Balaban J connectivity index is 1.16. The highest BCUT2D eigenvalue weighted by molar-refractivity contribution is 5.93. The molecule has 1 aromatic heterocycles. The Labute approximate surface area is 297 Å². The lowest BCUT2D eigenvalue weighted by Gasteiger charge is -2.25. The van der Waals surface area contributed by atoms with Crippen molar-refractivity contribution in [2.45, 2.75) is 31.7 Å². The third-order valence-electron chi connectivity index (χ3n) is 10.6. The summed E-state index contributed by atoms with van der Waals surface area (Å²) in [6.45, 7) is 0.749. The predicted molar refractivity (Wildman–Crippen MR) is 208 cm³/mol. The number of nitrogens with zero attached hydrogens (tertiary/aromatic N) is 1. The van der Waals surface area contributed by atoms with Gasteiger partial charge in [0.1, 0.15) is 23.0 Å². The van der Waals surface area contributed by atoms with Crippen LogP contribution in [0.5, 0.6) is 23.0 Å². The van der Waals surface area contributed by atoms with Gasteiger partial charge in [-0.15, -0.1) is 0 Å². The molecule has 4 nitrogen and oxygen atoms in total. The first-order valence-corrected chi connectivity index (χ1v) is 17.9. The minimum absolute atomic E-state index is 0.309. The summed E-state index contributed by atoms with van der Waals surface area (Å²) >= 11 is 0. The average Bonchev–Trinajstić information content (AvgIpc) is 3.53. The van der Waals surface area contributed by atoms with Crippen LogP contribution in [-0.2, 0) is 6.54 Å². The SMILES string of the molecule is C1=Cc2c(n(-c3ccc4c(c3)Oc3ccccc3-c3ccccc3Oc3cc(C5C=C(c6ccccc6)CCC5)ccc3-4)c3ccccc23)CN1. The summed E-state index contributed by atoms with van der Waals surface area (Å²) < 4.78 is 16.4. The van der Waals surface area contributed by atoms with E-state index in [1.807, 2.05) is 18.3 Å². The number of para-hydroxylation sites is 3. The summed E-state index contributed by atoms with van der Waals surface area (Å²) in [5.74, 6) is 3.52. The quantitative estimate of drug-likeness (QED) is 0.205. The third kappa shape index (κ3) is 5.14. The number of hydrogen-bond acceptors (Lipinski definition) is 3. The van der Waals surface area contributed by atoms with Gasteiger partial charge in [-0.1, -0.05) is 103 Å². The van der Waals surface area contributed by atoms with E-state index in [2.05, 4.69) is 149 Å². The van der Waals surface area contributed by atoms with Gasteiger partial charge >= 0.3 is 0 Å². The Bertz CT molecular complexity index is 2520. The molecule has 7 aromatic rings. The Morgan fingerprint density at radius 3 is 2.08 bits per heavy atom. The van der Waals surface area contributed by atoms with Gasteiger partial charge in [0.2, 0.25) is 0 Å². The van der Waals surface area contributed by atoms with E-state index >= 15 is 0 Å². The maximum Gasteiger partial charge on any atom is 0.137 e.